The van der Waals surface area contributed by atoms with Gasteiger partial charge in [0.05, 0.1) is 17.7 Å². The number of H-pyrrole nitrogens is 1. The molecule has 3 rings (SSSR count). The summed E-state index contributed by atoms with van der Waals surface area (Å²) in [6, 6.07) is 3.70. The van der Waals surface area contributed by atoms with E-state index in [9.17, 15) is 4.79 Å². The van der Waals surface area contributed by atoms with E-state index in [0.717, 1.165) is 36.2 Å². The van der Waals surface area contributed by atoms with E-state index in [2.05, 4.69) is 15.0 Å². The van der Waals surface area contributed by atoms with Gasteiger partial charge in [0, 0.05) is 30.3 Å². The molecule has 0 bridgehead atoms. The van der Waals surface area contributed by atoms with E-state index in [0.29, 0.717) is 0 Å². The number of ketones is 1. The molecule has 17 heavy (non-hydrogen) atoms. The van der Waals surface area contributed by atoms with Gasteiger partial charge < -0.3 is 4.98 Å². The van der Waals surface area contributed by atoms with E-state index in [-0.39, 0.29) is 11.7 Å². The van der Waals surface area contributed by atoms with Crippen molar-refractivity contribution in [1.82, 2.24) is 15.0 Å². The second-order valence-electron chi connectivity index (χ2n) is 4.36. The van der Waals surface area contributed by atoms with Gasteiger partial charge in [0.25, 0.3) is 0 Å². The maximum atomic E-state index is 12.3. The molecule has 0 aliphatic heterocycles. The van der Waals surface area contributed by atoms with Crippen LogP contribution in [0.15, 0.2) is 30.9 Å². The Balaban J connectivity index is 1.84. The summed E-state index contributed by atoms with van der Waals surface area (Å²) in [5, 5.41) is 0. The summed E-state index contributed by atoms with van der Waals surface area (Å²) in [6.07, 6.45) is 7.73. The van der Waals surface area contributed by atoms with Gasteiger partial charge in [0.15, 0.2) is 5.78 Å². The van der Waals surface area contributed by atoms with Crippen molar-refractivity contribution in [2.75, 3.05) is 0 Å². The third-order valence-electron chi connectivity index (χ3n) is 3.27. The van der Waals surface area contributed by atoms with Gasteiger partial charge in [-0.15, -0.1) is 0 Å². The molecule has 0 radical (unpaired) electrons. The molecular weight excluding hydrogens is 214 g/mol. The number of aryl methyl sites for hydroxylation is 1. The van der Waals surface area contributed by atoms with Gasteiger partial charge in [-0.25, -0.2) is 4.98 Å². The molecule has 0 saturated heterocycles. The van der Waals surface area contributed by atoms with Crippen LogP contribution in [0.1, 0.15) is 28.2 Å². The van der Waals surface area contributed by atoms with Crippen molar-refractivity contribution < 1.29 is 4.79 Å². The lowest BCUT2D eigenvalue weighted by Gasteiger charge is -2.21. The highest BCUT2D eigenvalue weighted by Gasteiger charge is 2.28. The SMILES string of the molecule is O=C1c2cccnc2CCC1Cc1c[nH]cn1. The van der Waals surface area contributed by atoms with Crippen molar-refractivity contribution in [3.8, 4) is 0 Å². The van der Waals surface area contributed by atoms with Crippen LogP contribution in [0.4, 0.5) is 0 Å². The number of carbonyl (C=O) groups excluding carboxylic acids is 1. The summed E-state index contributed by atoms with van der Waals surface area (Å²) in [7, 11) is 0. The van der Waals surface area contributed by atoms with Crippen molar-refractivity contribution in [3.63, 3.8) is 0 Å². The number of carbonyl (C=O) groups is 1. The van der Waals surface area contributed by atoms with Gasteiger partial charge >= 0.3 is 0 Å². The predicted octanol–water partition coefficient (Wildman–Crippen LogP) is 1.79. The second kappa shape index (κ2) is 4.13. The average Bonchev–Trinajstić information content (AvgIpc) is 2.86. The first-order valence-electron chi connectivity index (χ1n) is 5.80. The smallest absolute Gasteiger partial charge is 0.168 e. The van der Waals surface area contributed by atoms with E-state index < -0.39 is 0 Å². The number of pyridine rings is 1. The van der Waals surface area contributed by atoms with E-state index in [1.807, 2.05) is 18.3 Å². The van der Waals surface area contributed by atoms with E-state index in [1.165, 1.54) is 0 Å². The minimum atomic E-state index is 0.0509. The molecule has 1 aliphatic carbocycles. The van der Waals surface area contributed by atoms with Gasteiger partial charge in [-0.3, -0.25) is 9.78 Å². The molecule has 2 aromatic rings. The quantitative estimate of drug-likeness (QED) is 0.851. The number of imidazole rings is 1. The summed E-state index contributed by atoms with van der Waals surface area (Å²) in [5.41, 5.74) is 2.69. The van der Waals surface area contributed by atoms with Crippen LogP contribution in [0.5, 0.6) is 0 Å². The number of hydrogen-bond acceptors (Lipinski definition) is 3. The molecular formula is C13H13N3O. The maximum absolute atomic E-state index is 12.3. The Hall–Kier alpha value is -1.97. The van der Waals surface area contributed by atoms with Crippen LogP contribution in [0.2, 0.25) is 0 Å². The molecule has 2 heterocycles. The minimum Gasteiger partial charge on any atom is -0.351 e. The highest BCUT2D eigenvalue weighted by atomic mass is 16.1. The molecule has 1 N–H and O–H groups in total. The fourth-order valence-corrected chi connectivity index (χ4v) is 2.37. The molecule has 4 heteroatoms. The Bertz CT molecular complexity index is 533. The number of nitrogens with one attached hydrogen (secondary N) is 1. The molecule has 0 amide bonds. The molecule has 0 spiro atoms. The Labute approximate surface area is 99.1 Å². The van der Waals surface area contributed by atoms with Gasteiger partial charge in [0.2, 0.25) is 0 Å². The number of Topliss-reactive ketones (excluding diaryl/α,β-unsaturated/α-hetero) is 1. The number of nitrogens with zero attached hydrogens (tertiary/aromatic N) is 2. The van der Waals surface area contributed by atoms with Gasteiger partial charge in [0.1, 0.15) is 0 Å². The number of aromatic amines is 1. The van der Waals surface area contributed by atoms with Crippen LogP contribution in [0, 0.1) is 5.92 Å². The molecule has 1 aliphatic rings. The second-order valence-corrected chi connectivity index (χ2v) is 4.36. The highest BCUT2D eigenvalue weighted by Crippen LogP contribution is 2.26. The van der Waals surface area contributed by atoms with Crippen LogP contribution >= 0.6 is 0 Å². The third kappa shape index (κ3) is 1.86. The summed E-state index contributed by atoms with van der Waals surface area (Å²) in [6.45, 7) is 0. The summed E-state index contributed by atoms with van der Waals surface area (Å²) in [5.74, 6) is 0.261. The normalized spacial score (nSPS) is 19.1. The van der Waals surface area contributed by atoms with Crippen LogP contribution in [0.25, 0.3) is 0 Å². The fraction of sp³-hybridized carbons (Fsp3) is 0.308. The van der Waals surface area contributed by atoms with Gasteiger partial charge in [-0.2, -0.15) is 0 Å². The first-order valence-corrected chi connectivity index (χ1v) is 5.80. The summed E-state index contributed by atoms with van der Waals surface area (Å²) < 4.78 is 0. The lowest BCUT2D eigenvalue weighted by atomic mass is 9.83. The van der Waals surface area contributed by atoms with Crippen molar-refractivity contribution in [3.05, 3.63) is 47.8 Å². The topological polar surface area (TPSA) is 58.6 Å². The van der Waals surface area contributed by atoms with Crippen LogP contribution in [-0.2, 0) is 12.8 Å². The number of hydrogen-bond donors (Lipinski definition) is 1. The monoisotopic (exact) mass is 227 g/mol. The Morgan fingerprint density at radius 3 is 3.18 bits per heavy atom. The third-order valence-corrected chi connectivity index (χ3v) is 3.27. The summed E-state index contributed by atoms with van der Waals surface area (Å²) in [4.78, 5) is 23.6. The van der Waals surface area contributed by atoms with Gasteiger partial charge in [-0.05, 0) is 25.0 Å². The molecule has 1 atom stereocenters. The minimum absolute atomic E-state index is 0.0509. The molecule has 4 nitrogen and oxygen atoms in total. The largest absolute Gasteiger partial charge is 0.351 e. The van der Waals surface area contributed by atoms with Crippen molar-refractivity contribution in [1.29, 1.82) is 0 Å². The van der Waals surface area contributed by atoms with E-state index in [1.54, 1.807) is 12.5 Å². The number of fused-ring (bicyclic) bond motifs is 1. The van der Waals surface area contributed by atoms with E-state index >= 15 is 0 Å². The zero-order valence-electron chi connectivity index (χ0n) is 9.39. The van der Waals surface area contributed by atoms with Crippen LogP contribution < -0.4 is 0 Å². The molecule has 2 aromatic heterocycles. The van der Waals surface area contributed by atoms with Crippen molar-refractivity contribution in [2.24, 2.45) is 5.92 Å². The zero-order chi connectivity index (χ0) is 11.7. The molecule has 0 saturated carbocycles. The Kier molecular flexibility index (Phi) is 2.48. The fourth-order valence-electron chi connectivity index (χ4n) is 2.37. The molecule has 1 unspecified atom stereocenters. The average molecular weight is 227 g/mol. The summed E-state index contributed by atoms with van der Waals surface area (Å²) >= 11 is 0. The lowest BCUT2D eigenvalue weighted by molar-refractivity contribution is 0.0899. The van der Waals surface area contributed by atoms with Gasteiger partial charge in [-0.1, -0.05) is 0 Å². The number of rotatable bonds is 2. The van der Waals surface area contributed by atoms with Crippen LogP contribution in [0.3, 0.4) is 0 Å². The zero-order valence-corrected chi connectivity index (χ0v) is 9.39. The van der Waals surface area contributed by atoms with Crippen molar-refractivity contribution in [2.45, 2.75) is 19.3 Å². The molecule has 86 valence electrons. The number of aromatic nitrogens is 3. The van der Waals surface area contributed by atoms with E-state index in [4.69, 9.17) is 0 Å². The highest BCUT2D eigenvalue weighted by molar-refractivity contribution is 5.99. The first-order chi connectivity index (χ1) is 8.34. The predicted molar refractivity (Wildman–Crippen MR) is 62.7 cm³/mol. The molecule has 0 fully saturated rings. The standard InChI is InChI=1S/C13H13N3O/c17-13-9(6-10-7-14-8-16-10)3-4-12-11(13)2-1-5-15-12/h1-2,5,7-9H,3-4,6H2,(H,14,16). The lowest BCUT2D eigenvalue weighted by Crippen LogP contribution is -2.25. The molecule has 0 aromatic carbocycles. The van der Waals surface area contributed by atoms with Crippen molar-refractivity contribution >= 4 is 5.78 Å². The Morgan fingerprint density at radius 2 is 2.35 bits per heavy atom. The first kappa shape index (κ1) is 10.2. The maximum Gasteiger partial charge on any atom is 0.168 e. The van der Waals surface area contributed by atoms with Crippen LogP contribution in [-0.4, -0.2) is 20.7 Å². The Morgan fingerprint density at radius 1 is 1.41 bits per heavy atom.